The number of nitrogens with one attached hydrogen (secondary N) is 1. The number of rotatable bonds is 8. The van der Waals surface area contributed by atoms with Gasteiger partial charge < -0.3 is 15.2 Å². The summed E-state index contributed by atoms with van der Waals surface area (Å²) in [6.45, 7) is 4.28. The van der Waals surface area contributed by atoms with Crippen molar-refractivity contribution in [2.45, 2.75) is 25.0 Å². The Kier molecular flexibility index (Phi) is 6.46. The quantitative estimate of drug-likeness (QED) is 0.517. The molecule has 1 amide bonds. The molecule has 0 aliphatic carbocycles. The zero-order chi connectivity index (χ0) is 15.1. The molecule has 1 rings (SSSR count). The number of thioether (sulfide) groups is 1. The van der Waals surface area contributed by atoms with E-state index in [0.29, 0.717) is 24.1 Å². The molecule has 0 aliphatic heterocycles. The normalized spacial score (nSPS) is 12.2. The van der Waals surface area contributed by atoms with Gasteiger partial charge in [-0.1, -0.05) is 11.8 Å². The highest BCUT2D eigenvalue weighted by molar-refractivity contribution is 7.99. The monoisotopic (exact) mass is 302 g/mol. The van der Waals surface area contributed by atoms with E-state index in [1.807, 2.05) is 0 Å². The van der Waals surface area contributed by atoms with Crippen LogP contribution >= 0.6 is 11.8 Å². The molecule has 0 aliphatic rings. The Labute approximate surface area is 120 Å². The molecule has 0 saturated carbocycles. The Balaban J connectivity index is 2.75. The largest absolute Gasteiger partial charge is 0.481 e. The SMILES string of the molecule is COCCNC(=O)C(C)n1c(C)nnc1SCC(=O)O. The number of aryl methyl sites for hydroxylation is 1. The fourth-order valence-electron chi connectivity index (χ4n) is 1.56. The van der Waals surface area contributed by atoms with Gasteiger partial charge in [-0.25, -0.2) is 0 Å². The van der Waals surface area contributed by atoms with Crippen LogP contribution in [0.2, 0.25) is 0 Å². The van der Waals surface area contributed by atoms with E-state index in [9.17, 15) is 9.59 Å². The topological polar surface area (TPSA) is 106 Å². The molecule has 1 aromatic rings. The van der Waals surface area contributed by atoms with Crippen LogP contribution in [0.3, 0.4) is 0 Å². The molecule has 1 aromatic heterocycles. The molecule has 20 heavy (non-hydrogen) atoms. The fourth-order valence-corrected chi connectivity index (χ4v) is 2.34. The van der Waals surface area contributed by atoms with E-state index in [4.69, 9.17) is 9.84 Å². The van der Waals surface area contributed by atoms with E-state index in [1.165, 1.54) is 0 Å². The molecule has 1 unspecified atom stereocenters. The van der Waals surface area contributed by atoms with Crippen molar-refractivity contribution in [1.29, 1.82) is 0 Å². The molecular weight excluding hydrogens is 284 g/mol. The van der Waals surface area contributed by atoms with Gasteiger partial charge in [-0.15, -0.1) is 10.2 Å². The van der Waals surface area contributed by atoms with Crippen LogP contribution in [-0.2, 0) is 14.3 Å². The Hall–Kier alpha value is -1.61. The number of hydrogen-bond acceptors (Lipinski definition) is 6. The summed E-state index contributed by atoms with van der Waals surface area (Å²) in [5.74, 6) is -0.704. The van der Waals surface area contributed by atoms with Crippen molar-refractivity contribution in [3.8, 4) is 0 Å². The highest BCUT2D eigenvalue weighted by atomic mass is 32.2. The van der Waals surface area contributed by atoms with E-state index >= 15 is 0 Å². The molecule has 0 bridgehead atoms. The lowest BCUT2D eigenvalue weighted by Crippen LogP contribution is -2.33. The average Bonchev–Trinajstić information content (AvgIpc) is 2.76. The van der Waals surface area contributed by atoms with Crippen molar-refractivity contribution in [3.63, 3.8) is 0 Å². The highest BCUT2D eigenvalue weighted by Gasteiger charge is 2.21. The maximum atomic E-state index is 12.0. The molecule has 0 spiro atoms. The van der Waals surface area contributed by atoms with Gasteiger partial charge in [-0.3, -0.25) is 14.2 Å². The van der Waals surface area contributed by atoms with E-state index in [1.54, 1.807) is 25.5 Å². The summed E-state index contributed by atoms with van der Waals surface area (Å²) in [4.78, 5) is 22.6. The summed E-state index contributed by atoms with van der Waals surface area (Å²) in [5.41, 5.74) is 0. The second kappa shape index (κ2) is 7.85. The molecule has 0 aromatic carbocycles. The van der Waals surface area contributed by atoms with Crippen LogP contribution in [0.25, 0.3) is 0 Å². The minimum absolute atomic E-state index is 0.129. The van der Waals surface area contributed by atoms with Crippen LogP contribution in [0, 0.1) is 6.92 Å². The molecule has 1 atom stereocenters. The number of aromatic nitrogens is 3. The number of nitrogens with zero attached hydrogens (tertiary/aromatic N) is 3. The maximum absolute atomic E-state index is 12.0. The predicted molar refractivity (Wildman–Crippen MR) is 72.7 cm³/mol. The van der Waals surface area contributed by atoms with E-state index in [0.717, 1.165) is 11.8 Å². The molecule has 8 nitrogen and oxygen atoms in total. The molecule has 1 heterocycles. The van der Waals surface area contributed by atoms with Gasteiger partial charge in [-0.05, 0) is 13.8 Å². The number of methoxy groups -OCH3 is 1. The first kappa shape index (κ1) is 16.4. The zero-order valence-electron chi connectivity index (χ0n) is 11.6. The maximum Gasteiger partial charge on any atom is 0.313 e. The van der Waals surface area contributed by atoms with Crippen molar-refractivity contribution in [1.82, 2.24) is 20.1 Å². The Morgan fingerprint density at radius 1 is 1.50 bits per heavy atom. The predicted octanol–water partition coefficient (Wildman–Crippen LogP) is 0.0868. The molecular formula is C11H18N4O4S. The molecule has 9 heteroatoms. The van der Waals surface area contributed by atoms with Gasteiger partial charge in [-0.2, -0.15) is 0 Å². The summed E-state index contributed by atoms with van der Waals surface area (Å²) in [7, 11) is 1.56. The molecule has 0 radical (unpaired) electrons. The number of carboxylic acids is 1. The van der Waals surface area contributed by atoms with Gasteiger partial charge in [0.2, 0.25) is 5.91 Å². The van der Waals surface area contributed by atoms with Crippen molar-refractivity contribution < 1.29 is 19.4 Å². The third kappa shape index (κ3) is 4.49. The van der Waals surface area contributed by atoms with E-state index in [2.05, 4.69) is 15.5 Å². The van der Waals surface area contributed by atoms with Crippen LogP contribution < -0.4 is 5.32 Å². The highest BCUT2D eigenvalue weighted by Crippen LogP contribution is 2.21. The third-order valence-corrected chi connectivity index (χ3v) is 3.46. The van der Waals surface area contributed by atoms with E-state index < -0.39 is 12.0 Å². The molecule has 112 valence electrons. The first-order valence-electron chi connectivity index (χ1n) is 6.00. The standard InChI is InChI=1S/C11H18N4O4S/c1-7(10(18)12-4-5-19-3)15-8(2)13-14-11(15)20-6-9(16)17/h7H,4-6H2,1-3H3,(H,12,18)(H,16,17). The first-order valence-corrected chi connectivity index (χ1v) is 6.98. The summed E-state index contributed by atoms with van der Waals surface area (Å²) >= 11 is 1.04. The molecule has 2 N–H and O–H groups in total. The second-order valence-electron chi connectivity index (χ2n) is 4.04. The first-order chi connectivity index (χ1) is 9.47. The summed E-state index contributed by atoms with van der Waals surface area (Å²) in [6, 6.07) is -0.516. The van der Waals surface area contributed by atoms with Gasteiger partial charge in [0.15, 0.2) is 5.16 Å². The average molecular weight is 302 g/mol. The van der Waals surface area contributed by atoms with Crippen LogP contribution in [0.15, 0.2) is 5.16 Å². The number of hydrogen-bond donors (Lipinski definition) is 2. The van der Waals surface area contributed by atoms with Crippen LogP contribution in [0.4, 0.5) is 0 Å². The van der Waals surface area contributed by atoms with E-state index in [-0.39, 0.29) is 11.7 Å². The van der Waals surface area contributed by atoms with Crippen molar-refractivity contribution in [2.24, 2.45) is 0 Å². The minimum Gasteiger partial charge on any atom is -0.481 e. The Morgan fingerprint density at radius 2 is 2.20 bits per heavy atom. The lowest BCUT2D eigenvalue weighted by atomic mass is 10.3. The molecule has 0 fully saturated rings. The number of carbonyl (C=O) groups excluding carboxylic acids is 1. The number of amides is 1. The van der Waals surface area contributed by atoms with Gasteiger partial charge in [0, 0.05) is 13.7 Å². The lowest BCUT2D eigenvalue weighted by Gasteiger charge is -2.16. The smallest absolute Gasteiger partial charge is 0.313 e. The third-order valence-electron chi connectivity index (χ3n) is 2.53. The number of aliphatic carboxylic acids is 1. The number of carboxylic acid groups (broad SMARTS) is 1. The molecule has 0 saturated heterocycles. The van der Waals surface area contributed by atoms with Crippen LogP contribution in [-0.4, -0.2) is 57.8 Å². The summed E-state index contributed by atoms with van der Waals surface area (Å²) < 4.78 is 6.48. The van der Waals surface area contributed by atoms with Gasteiger partial charge in [0.05, 0.1) is 12.4 Å². The lowest BCUT2D eigenvalue weighted by molar-refractivity contribution is -0.133. The number of ether oxygens (including phenoxy) is 1. The second-order valence-corrected chi connectivity index (χ2v) is 4.98. The van der Waals surface area contributed by atoms with Crippen LogP contribution in [0.5, 0.6) is 0 Å². The van der Waals surface area contributed by atoms with Gasteiger partial charge in [0.1, 0.15) is 11.9 Å². The van der Waals surface area contributed by atoms with Crippen molar-refractivity contribution >= 4 is 23.6 Å². The van der Waals surface area contributed by atoms with Crippen molar-refractivity contribution in [3.05, 3.63) is 5.82 Å². The zero-order valence-corrected chi connectivity index (χ0v) is 12.4. The Bertz CT molecular complexity index is 477. The summed E-state index contributed by atoms with van der Waals surface area (Å²) in [5, 5.41) is 19.6. The fraction of sp³-hybridized carbons (Fsp3) is 0.636. The minimum atomic E-state index is -0.945. The van der Waals surface area contributed by atoms with Crippen molar-refractivity contribution in [2.75, 3.05) is 26.0 Å². The van der Waals surface area contributed by atoms with Gasteiger partial charge in [0.25, 0.3) is 0 Å². The number of carbonyl (C=O) groups is 2. The summed E-state index contributed by atoms with van der Waals surface area (Å²) in [6.07, 6.45) is 0. The Morgan fingerprint density at radius 3 is 2.80 bits per heavy atom. The van der Waals surface area contributed by atoms with Gasteiger partial charge >= 0.3 is 5.97 Å². The van der Waals surface area contributed by atoms with Crippen LogP contribution in [0.1, 0.15) is 18.8 Å².